The van der Waals surface area contributed by atoms with Gasteiger partial charge < -0.3 is 20.4 Å². The summed E-state index contributed by atoms with van der Waals surface area (Å²) in [7, 11) is -3.61. The summed E-state index contributed by atoms with van der Waals surface area (Å²) < 4.78 is 31.7. The Kier molecular flexibility index (Phi) is 6.85. The van der Waals surface area contributed by atoms with E-state index in [9.17, 15) is 22.8 Å². The highest BCUT2D eigenvalue weighted by molar-refractivity contribution is 7.89. The van der Waals surface area contributed by atoms with Crippen molar-refractivity contribution in [2.24, 2.45) is 0 Å². The first-order chi connectivity index (χ1) is 14.4. The van der Waals surface area contributed by atoms with E-state index in [4.69, 9.17) is 4.42 Å². The van der Waals surface area contributed by atoms with Crippen molar-refractivity contribution in [3.05, 3.63) is 48.4 Å². The number of anilines is 1. The summed E-state index contributed by atoms with van der Waals surface area (Å²) >= 11 is 0. The summed E-state index contributed by atoms with van der Waals surface area (Å²) in [5, 5.41) is 7.07. The van der Waals surface area contributed by atoms with Crippen LogP contribution in [0.4, 0.5) is 5.69 Å². The lowest BCUT2D eigenvalue weighted by molar-refractivity contribution is -0.139. The third-order valence-electron chi connectivity index (χ3n) is 4.44. The molecule has 0 unspecified atom stereocenters. The third kappa shape index (κ3) is 5.45. The fourth-order valence-electron chi connectivity index (χ4n) is 2.92. The number of furan rings is 1. The van der Waals surface area contributed by atoms with Crippen LogP contribution >= 0.6 is 0 Å². The van der Waals surface area contributed by atoms with Crippen LogP contribution in [-0.4, -0.2) is 50.1 Å². The molecule has 0 aliphatic carbocycles. The van der Waals surface area contributed by atoms with Crippen LogP contribution in [0.5, 0.6) is 0 Å². The molecule has 10 nitrogen and oxygen atoms in total. The standard InChI is InChI=1S/C19H22N4O6S/c24-17(13-21-19(26)18(25)20-12-15-6-4-10-29-15)22-14-5-3-7-16(11-14)30(27,28)23-8-1-2-9-23/h3-7,10-11H,1-2,8-9,12-13H2,(H,20,25)(H,21,26)(H,22,24). The molecular weight excluding hydrogens is 412 g/mol. The molecule has 1 saturated heterocycles. The van der Waals surface area contributed by atoms with E-state index in [0.717, 1.165) is 12.8 Å². The van der Waals surface area contributed by atoms with E-state index >= 15 is 0 Å². The summed E-state index contributed by atoms with van der Waals surface area (Å²) in [6, 6.07) is 9.19. The van der Waals surface area contributed by atoms with Crippen LogP contribution in [0.25, 0.3) is 0 Å². The zero-order valence-corrected chi connectivity index (χ0v) is 16.9. The Morgan fingerprint density at radius 2 is 1.73 bits per heavy atom. The molecule has 1 aliphatic heterocycles. The number of benzene rings is 1. The van der Waals surface area contributed by atoms with E-state index in [0.29, 0.717) is 18.8 Å². The van der Waals surface area contributed by atoms with Crippen molar-refractivity contribution < 1.29 is 27.2 Å². The quantitative estimate of drug-likeness (QED) is 0.541. The van der Waals surface area contributed by atoms with Gasteiger partial charge in [-0.2, -0.15) is 4.31 Å². The minimum atomic E-state index is -3.61. The van der Waals surface area contributed by atoms with Gasteiger partial charge in [-0.25, -0.2) is 8.42 Å². The van der Waals surface area contributed by atoms with E-state index in [1.165, 1.54) is 28.8 Å². The highest BCUT2D eigenvalue weighted by Crippen LogP contribution is 2.23. The monoisotopic (exact) mass is 434 g/mol. The molecule has 0 atom stereocenters. The number of nitrogens with zero attached hydrogens (tertiary/aromatic N) is 1. The molecule has 0 saturated carbocycles. The molecule has 1 fully saturated rings. The Hall–Kier alpha value is -3.18. The molecule has 2 aromatic rings. The summed E-state index contributed by atoms with van der Waals surface area (Å²) in [5.41, 5.74) is 0.275. The van der Waals surface area contributed by atoms with Gasteiger partial charge in [-0.3, -0.25) is 14.4 Å². The van der Waals surface area contributed by atoms with Gasteiger partial charge in [0, 0.05) is 18.8 Å². The molecule has 3 N–H and O–H groups in total. The highest BCUT2D eigenvalue weighted by atomic mass is 32.2. The number of amides is 3. The maximum absolute atomic E-state index is 12.6. The van der Waals surface area contributed by atoms with E-state index in [-0.39, 0.29) is 17.1 Å². The van der Waals surface area contributed by atoms with E-state index in [1.807, 2.05) is 0 Å². The molecule has 11 heteroatoms. The lowest BCUT2D eigenvalue weighted by atomic mass is 10.3. The van der Waals surface area contributed by atoms with Crippen molar-refractivity contribution in [3.8, 4) is 0 Å². The first kappa shape index (κ1) is 21.5. The Morgan fingerprint density at radius 1 is 1.00 bits per heavy atom. The number of carbonyl (C=O) groups is 3. The lowest BCUT2D eigenvalue weighted by Gasteiger charge is -2.16. The van der Waals surface area contributed by atoms with Gasteiger partial charge in [0.25, 0.3) is 0 Å². The average molecular weight is 434 g/mol. The minimum Gasteiger partial charge on any atom is -0.467 e. The summed E-state index contributed by atoms with van der Waals surface area (Å²) in [6.07, 6.45) is 3.09. The van der Waals surface area contributed by atoms with E-state index in [1.54, 1.807) is 18.2 Å². The van der Waals surface area contributed by atoms with Crippen LogP contribution in [0.3, 0.4) is 0 Å². The van der Waals surface area contributed by atoms with Crippen molar-refractivity contribution in [2.75, 3.05) is 25.0 Å². The van der Waals surface area contributed by atoms with Crippen molar-refractivity contribution in [3.63, 3.8) is 0 Å². The smallest absolute Gasteiger partial charge is 0.309 e. The molecule has 2 heterocycles. The SMILES string of the molecule is O=C(CNC(=O)C(=O)NCc1ccco1)Nc1cccc(S(=O)(=O)N2CCCC2)c1. The van der Waals surface area contributed by atoms with Crippen molar-refractivity contribution in [1.82, 2.24) is 14.9 Å². The summed E-state index contributed by atoms with van der Waals surface area (Å²) in [4.78, 5) is 35.7. The van der Waals surface area contributed by atoms with Gasteiger partial charge in [0.05, 0.1) is 24.2 Å². The summed E-state index contributed by atoms with van der Waals surface area (Å²) in [5.74, 6) is -1.99. The van der Waals surface area contributed by atoms with Gasteiger partial charge in [-0.1, -0.05) is 6.07 Å². The normalized spacial score (nSPS) is 14.3. The Labute approximate surface area is 173 Å². The molecule has 0 radical (unpaired) electrons. The topological polar surface area (TPSA) is 138 Å². The second kappa shape index (κ2) is 9.55. The average Bonchev–Trinajstić information content (AvgIpc) is 3.44. The molecule has 1 aliphatic rings. The predicted molar refractivity (Wildman–Crippen MR) is 107 cm³/mol. The van der Waals surface area contributed by atoms with Crippen LogP contribution in [0, 0.1) is 0 Å². The van der Waals surface area contributed by atoms with Crippen LogP contribution in [-0.2, 0) is 31.0 Å². The van der Waals surface area contributed by atoms with Gasteiger partial charge in [0.15, 0.2) is 0 Å². The van der Waals surface area contributed by atoms with Crippen LogP contribution in [0.1, 0.15) is 18.6 Å². The second-order valence-corrected chi connectivity index (χ2v) is 8.57. The first-order valence-corrected chi connectivity index (χ1v) is 10.8. The van der Waals surface area contributed by atoms with Gasteiger partial charge in [-0.15, -0.1) is 0 Å². The fourth-order valence-corrected chi connectivity index (χ4v) is 4.48. The van der Waals surface area contributed by atoms with Crippen LogP contribution < -0.4 is 16.0 Å². The van der Waals surface area contributed by atoms with Gasteiger partial charge in [0.2, 0.25) is 15.9 Å². The molecular formula is C19H22N4O6S. The Balaban J connectivity index is 1.50. The van der Waals surface area contributed by atoms with Crippen LogP contribution in [0.15, 0.2) is 52.0 Å². The van der Waals surface area contributed by atoms with Gasteiger partial charge in [0.1, 0.15) is 5.76 Å². The number of hydrogen-bond acceptors (Lipinski definition) is 6. The number of rotatable bonds is 7. The maximum atomic E-state index is 12.6. The van der Waals surface area contributed by atoms with Crippen molar-refractivity contribution in [2.45, 2.75) is 24.3 Å². The highest BCUT2D eigenvalue weighted by Gasteiger charge is 2.27. The molecule has 30 heavy (non-hydrogen) atoms. The minimum absolute atomic E-state index is 0.0454. The summed E-state index contributed by atoms with van der Waals surface area (Å²) in [6.45, 7) is 0.555. The van der Waals surface area contributed by atoms with Crippen molar-refractivity contribution in [1.29, 1.82) is 0 Å². The molecule has 160 valence electrons. The number of carbonyl (C=O) groups excluding carboxylic acids is 3. The van der Waals surface area contributed by atoms with Gasteiger partial charge >= 0.3 is 11.8 Å². The fraction of sp³-hybridized carbons (Fsp3) is 0.316. The molecule has 1 aromatic heterocycles. The molecule has 3 amide bonds. The van der Waals surface area contributed by atoms with Crippen molar-refractivity contribution >= 4 is 33.4 Å². The second-order valence-electron chi connectivity index (χ2n) is 6.63. The molecule has 0 bridgehead atoms. The van der Waals surface area contributed by atoms with E-state index in [2.05, 4.69) is 16.0 Å². The zero-order valence-electron chi connectivity index (χ0n) is 16.1. The maximum Gasteiger partial charge on any atom is 0.309 e. The lowest BCUT2D eigenvalue weighted by Crippen LogP contribution is -2.42. The number of hydrogen-bond donors (Lipinski definition) is 3. The third-order valence-corrected chi connectivity index (χ3v) is 6.33. The first-order valence-electron chi connectivity index (χ1n) is 9.35. The largest absolute Gasteiger partial charge is 0.467 e. The zero-order chi connectivity index (χ0) is 21.6. The van der Waals surface area contributed by atoms with Crippen LogP contribution in [0.2, 0.25) is 0 Å². The molecule has 3 rings (SSSR count). The molecule has 0 spiro atoms. The number of sulfonamides is 1. The predicted octanol–water partition coefficient (Wildman–Crippen LogP) is 0.435. The van der Waals surface area contributed by atoms with Gasteiger partial charge in [-0.05, 0) is 43.2 Å². The molecule has 1 aromatic carbocycles. The Morgan fingerprint density at radius 3 is 2.43 bits per heavy atom. The number of nitrogens with one attached hydrogen (secondary N) is 3. The van der Waals surface area contributed by atoms with E-state index < -0.39 is 34.3 Å². The Bertz CT molecular complexity index is 1010.